The fourth-order valence-electron chi connectivity index (χ4n) is 3.65. The van der Waals surface area contributed by atoms with Gasteiger partial charge in [-0.3, -0.25) is 14.7 Å². The van der Waals surface area contributed by atoms with Crippen molar-refractivity contribution in [2.45, 2.75) is 49.3 Å². The summed E-state index contributed by atoms with van der Waals surface area (Å²) in [6, 6.07) is 14.6. The van der Waals surface area contributed by atoms with Gasteiger partial charge in [0.15, 0.2) is 0 Å². The smallest absolute Gasteiger partial charge is 0.273 e. The van der Waals surface area contributed by atoms with E-state index in [2.05, 4.69) is 16.5 Å². The number of benzene rings is 1. The predicted molar refractivity (Wildman–Crippen MR) is 121 cm³/mol. The number of carbonyl (C=O) groups excluding carboxylic acids is 1. The quantitative estimate of drug-likeness (QED) is 0.470. The molecule has 0 radical (unpaired) electrons. The van der Waals surface area contributed by atoms with Crippen LogP contribution in [0, 0.1) is 11.3 Å². The second-order valence-corrected chi connectivity index (χ2v) is 8.88. The van der Waals surface area contributed by atoms with Gasteiger partial charge in [-0.05, 0) is 56.4 Å². The highest BCUT2D eigenvalue weighted by atomic mass is 32.2. The van der Waals surface area contributed by atoms with Gasteiger partial charge in [-0.1, -0.05) is 36.4 Å². The van der Waals surface area contributed by atoms with Crippen LogP contribution < -0.4 is 10.9 Å². The van der Waals surface area contributed by atoms with Crippen molar-refractivity contribution in [1.29, 1.82) is 5.26 Å². The van der Waals surface area contributed by atoms with E-state index in [0.29, 0.717) is 22.1 Å². The van der Waals surface area contributed by atoms with E-state index >= 15 is 0 Å². The van der Waals surface area contributed by atoms with Crippen LogP contribution in [-0.2, 0) is 17.6 Å². The fourth-order valence-corrected chi connectivity index (χ4v) is 4.54. The Labute approximate surface area is 184 Å². The standard InChI is InChI=1S/C23H23N5O2S/c1-15(31-23-17(14-24)12-16-8-4-2-7-11-19(16)25-23)22(30)26-20-13-21(29)28(27-20)18-9-5-3-6-10-18/h3,5-6,9-10,12-13,15,27H,2,4,7-8,11H2,1H3,(H,26,30). The Morgan fingerprint density at radius 3 is 2.77 bits per heavy atom. The number of nitrogens with zero attached hydrogens (tertiary/aromatic N) is 3. The highest BCUT2D eigenvalue weighted by Gasteiger charge is 2.21. The van der Waals surface area contributed by atoms with Crippen LogP contribution in [0.25, 0.3) is 5.69 Å². The van der Waals surface area contributed by atoms with Crippen molar-refractivity contribution in [1.82, 2.24) is 14.8 Å². The number of nitriles is 1. The number of anilines is 1. The number of carbonyl (C=O) groups is 1. The Hall–Kier alpha value is -3.31. The zero-order valence-corrected chi connectivity index (χ0v) is 18.0. The van der Waals surface area contributed by atoms with E-state index in [9.17, 15) is 14.9 Å². The zero-order valence-electron chi connectivity index (χ0n) is 17.2. The Morgan fingerprint density at radius 1 is 1.23 bits per heavy atom. The lowest BCUT2D eigenvalue weighted by molar-refractivity contribution is -0.115. The van der Waals surface area contributed by atoms with Crippen LogP contribution in [0.5, 0.6) is 0 Å². The van der Waals surface area contributed by atoms with Gasteiger partial charge in [0.1, 0.15) is 16.9 Å². The van der Waals surface area contributed by atoms with E-state index in [4.69, 9.17) is 4.98 Å². The summed E-state index contributed by atoms with van der Waals surface area (Å²) in [5.74, 6) is 0.0498. The van der Waals surface area contributed by atoms with Crippen molar-refractivity contribution in [3.63, 3.8) is 0 Å². The first-order valence-electron chi connectivity index (χ1n) is 10.3. The van der Waals surface area contributed by atoms with Crippen LogP contribution in [0.1, 0.15) is 43.0 Å². The molecule has 8 heteroatoms. The van der Waals surface area contributed by atoms with Gasteiger partial charge in [-0.2, -0.15) is 5.26 Å². The van der Waals surface area contributed by atoms with Gasteiger partial charge >= 0.3 is 0 Å². The van der Waals surface area contributed by atoms with Crippen molar-refractivity contribution < 1.29 is 4.79 Å². The highest BCUT2D eigenvalue weighted by molar-refractivity contribution is 8.00. The SMILES string of the molecule is CC(Sc1nc2c(cc1C#N)CCCCC2)C(=O)Nc1cc(=O)n(-c2ccccc2)[nH]1. The van der Waals surface area contributed by atoms with Crippen LogP contribution in [0.4, 0.5) is 5.82 Å². The first-order chi connectivity index (χ1) is 15.0. The molecule has 2 aromatic heterocycles. The maximum Gasteiger partial charge on any atom is 0.273 e. The highest BCUT2D eigenvalue weighted by Crippen LogP contribution is 2.29. The normalized spacial score (nSPS) is 14.2. The number of para-hydroxylation sites is 1. The molecule has 1 amide bonds. The summed E-state index contributed by atoms with van der Waals surface area (Å²) in [6.07, 6.45) is 5.23. The molecule has 0 bridgehead atoms. The second kappa shape index (κ2) is 9.23. The molecule has 0 saturated heterocycles. The van der Waals surface area contributed by atoms with Gasteiger partial charge < -0.3 is 5.32 Å². The minimum absolute atomic E-state index is 0.263. The molecular formula is C23H23N5O2S. The van der Waals surface area contributed by atoms with Gasteiger partial charge in [0.05, 0.1) is 16.5 Å². The molecule has 1 unspecified atom stereocenters. The molecule has 0 spiro atoms. The summed E-state index contributed by atoms with van der Waals surface area (Å²) >= 11 is 1.26. The van der Waals surface area contributed by atoms with Gasteiger partial charge in [0.25, 0.3) is 5.56 Å². The Morgan fingerprint density at radius 2 is 2.00 bits per heavy atom. The number of hydrogen-bond donors (Lipinski definition) is 2. The van der Waals surface area contributed by atoms with E-state index in [1.165, 1.54) is 28.9 Å². The fraction of sp³-hybridized carbons (Fsp3) is 0.304. The van der Waals surface area contributed by atoms with Gasteiger partial charge in [0.2, 0.25) is 5.91 Å². The molecule has 7 nitrogen and oxygen atoms in total. The molecule has 31 heavy (non-hydrogen) atoms. The van der Waals surface area contributed by atoms with Gasteiger partial charge in [0, 0.05) is 11.8 Å². The maximum absolute atomic E-state index is 12.7. The third kappa shape index (κ3) is 4.72. The molecule has 1 aromatic carbocycles. The molecule has 1 atom stereocenters. The van der Waals surface area contributed by atoms with Crippen molar-refractivity contribution in [2.75, 3.05) is 5.32 Å². The third-order valence-electron chi connectivity index (χ3n) is 5.29. The molecular weight excluding hydrogens is 410 g/mol. The zero-order chi connectivity index (χ0) is 21.8. The number of rotatable bonds is 5. The number of pyridine rings is 1. The van der Waals surface area contributed by atoms with Gasteiger partial charge in [-0.25, -0.2) is 9.67 Å². The largest absolute Gasteiger partial charge is 0.310 e. The molecule has 4 rings (SSSR count). The number of amides is 1. The summed E-state index contributed by atoms with van der Waals surface area (Å²) < 4.78 is 1.37. The second-order valence-electron chi connectivity index (χ2n) is 7.55. The summed E-state index contributed by atoms with van der Waals surface area (Å²) in [5.41, 5.74) is 3.12. The van der Waals surface area contributed by atoms with E-state index in [0.717, 1.165) is 36.9 Å². The van der Waals surface area contributed by atoms with Crippen molar-refractivity contribution in [2.24, 2.45) is 0 Å². The Balaban J connectivity index is 1.49. The number of aryl methyl sites for hydroxylation is 2. The molecule has 2 N–H and O–H groups in total. The number of H-pyrrole nitrogens is 1. The summed E-state index contributed by atoms with van der Waals surface area (Å²) in [6.45, 7) is 1.76. The molecule has 0 saturated carbocycles. The number of hydrogen-bond acceptors (Lipinski definition) is 5. The summed E-state index contributed by atoms with van der Waals surface area (Å²) in [5, 5.41) is 15.3. The van der Waals surface area contributed by atoms with Crippen LogP contribution in [0.15, 0.2) is 52.3 Å². The molecule has 0 fully saturated rings. The molecule has 158 valence electrons. The monoisotopic (exact) mass is 433 g/mol. The minimum atomic E-state index is -0.494. The number of thioether (sulfide) groups is 1. The molecule has 3 aromatic rings. The van der Waals surface area contributed by atoms with Crippen molar-refractivity contribution in [3.8, 4) is 11.8 Å². The Bertz CT molecular complexity index is 1190. The van der Waals surface area contributed by atoms with Crippen molar-refractivity contribution >= 4 is 23.5 Å². The topological polar surface area (TPSA) is 104 Å². The van der Waals surface area contributed by atoms with E-state index in [-0.39, 0.29) is 11.5 Å². The van der Waals surface area contributed by atoms with Crippen molar-refractivity contribution in [3.05, 3.63) is 69.6 Å². The molecule has 0 aliphatic heterocycles. The lowest BCUT2D eigenvalue weighted by atomic mass is 10.1. The van der Waals surface area contributed by atoms with Crippen LogP contribution in [-0.4, -0.2) is 25.9 Å². The lowest BCUT2D eigenvalue weighted by Crippen LogP contribution is -2.23. The van der Waals surface area contributed by atoms with E-state index < -0.39 is 5.25 Å². The first-order valence-corrected chi connectivity index (χ1v) is 11.2. The van der Waals surface area contributed by atoms with Crippen LogP contribution in [0.3, 0.4) is 0 Å². The molecule has 2 heterocycles. The average molecular weight is 434 g/mol. The average Bonchev–Trinajstić information content (AvgIpc) is 2.99. The summed E-state index contributed by atoms with van der Waals surface area (Å²) in [7, 11) is 0. The lowest BCUT2D eigenvalue weighted by Gasteiger charge is -2.14. The number of aromatic nitrogens is 3. The minimum Gasteiger partial charge on any atom is -0.310 e. The number of nitrogens with one attached hydrogen (secondary N) is 2. The first kappa shape index (κ1) is 20.9. The number of fused-ring (bicyclic) bond motifs is 1. The van der Waals surface area contributed by atoms with Gasteiger partial charge in [-0.15, -0.1) is 0 Å². The maximum atomic E-state index is 12.7. The summed E-state index contributed by atoms with van der Waals surface area (Å²) in [4.78, 5) is 29.7. The molecule has 1 aliphatic rings. The van der Waals surface area contributed by atoms with E-state index in [1.807, 2.05) is 24.3 Å². The predicted octanol–water partition coefficient (Wildman–Crippen LogP) is 3.82. The molecule has 1 aliphatic carbocycles. The van der Waals surface area contributed by atoms with E-state index in [1.54, 1.807) is 19.1 Å². The van der Waals surface area contributed by atoms with Crippen LogP contribution in [0.2, 0.25) is 0 Å². The third-order valence-corrected chi connectivity index (χ3v) is 6.39. The van der Waals surface area contributed by atoms with Crippen LogP contribution >= 0.6 is 11.8 Å². The number of aromatic amines is 1. The Kier molecular flexibility index (Phi) is 6.23.